The molecule has 3 aromatic carbocycles. The normalized spacial score (nSPS) is 12.2. The molecule has 0 radical (unpaired) electrons. The number of hydrogen-bond donors (Lipinski definition) is 4. The second kappa shape index (κ2) is 6.25. The van der Waals surface area contributed by atoms with Crippen LogP contribution in [0.3, 0.4) is 0 Å². The highest BCUT2D eigenvalue weighted by atomic mass is 32.2. The molecular weight excluding hydrogens is 380 g/mol. The van der Waals surface area contributed by atoms with Gasteiger partial charge in [-0.1, -0.05) is 24.3 Å². The minimum absolute atomic E-state index is 0.107. The Morgan fingerprint density at radius 3 is 2.00 bits per heavy atom. The molecule has 3 rings (SSSR count). The number of nitrogens with two attached hydrogens (primary N) is 1. The van der Waals surface area contributed by atoms with E-state index in [4.69, 9.17) is 5.73 Å². The third kappa shape index (κ3) is 3.48. The Labute approximate surface area is 149 Å². The first-order chi connectivity index (χ1) is 12.1. The van der Waals surface area contributed by atoms with Crippen molar-refractivity contribution >= 4 is 48.1 Å². The van der Waals surface area contributed by atoms with Gasteiger partial charge in [0.05, 0.1) is 5.69 Å². The summed E-state index contributed by atoms with van der Waals surface area (Å²) in [5, 5.41) is 3.75. The van der Waals surface area contributed by atoms with Crippen LogP contribution in [-0.4, -0.2) is 25.9 Å². The lowest BCUT2D eigenvalue weighted by atomic mass is 10.1. The van der Waals surface area contributed by atoms with Crippen LogP contribution in [0.1, 0.15) is 0 Å². The van der Waals surface area contributed by atoms with E-state index < -0.39 is 25.1 Å². The van der Waals surface area contributed by atoms with Gasteiger partial charge in [0, 0.05) is 22.1 Å². The zero-order chi connectivity index (χ0) is 19.1. The summed E-state index contributed by atoms with van der Waals surface area (Å²) in [4.78, 5) is -0.684. The number of benzene rings is 3. The number of hydrogen-bond acceptors (Lipinski definition) is 6. The second-order valence-corrected chi connectivity index (χ2v) is 8.26. The van der Waals surface area contributed by atoms with Crippen LogP contribution in [0.2, 0.25) is 0 Å². The van der Waals surface area contributed by atoms with Crippen LogP contribution in [0.4, 0.5) is 17.1 Å². The maximum Gasteiger partial charge on any atom is 0.296 e. The quantitative estimate of drug-likeness (QED) is 0.390. The van der Waals surface area contributed by atoms with Crippen LogP contribution in [0.5, 0.6) is 0 Å². The number of anilines is 3. The Hall–Kier alpha value is -2.66. The van der Waals surface area contributed by atoms with Crippen molar-refractivity contribution in [3.8, 4) is 0 Å². The molecule has 8 nitrogen and oxygen atoms in total. The van der Waals surface area contributed by atoms with Crippen molar-refractivity contribution in [3.63, 3.8) is 0 Å². The lowest BCUT2D eigenvalue weighted by molar-refractivity contribution is 0.481. The molecule has 0 saturated carbocycles. The molecule has 0 bridgehead atoms. The molecule has 10 heteroatoms. The Kier molecular flexibility index (Phi) is 4.36. The molecule has 0 unspecified atom stereocenters. The fourth-order valence-electron chi connectivity index (χ4n) is 2.60. The first-order valence-corrected chi connectivity index (χ1v) is 10.1. The average Bonchev–Trinajstić information content (AvgIpc) is 2.54. The largest absolute Gasteiger partial charge is 0.398 e. The van der Waals surface area contributed by atoms with Crippen molar-refractivity contribution in [2.24, 2.45) is 0 Å². The maximum absolute atomic E-state index is 11.5. The summed E-state index contributed by atoms with van der Waals surface area (Å²) in [6.45, 7) is 0. The van der Waals surface area contributed by atoms with E-state index in [2.05, 4.69) is 5.32 Å². The summed E-state index contributed by atoms with van der Waals surface area (Å²) >= 11 is 0. The molecule has 136 valence electrons. The van der Waals surface area contributed by atoms with Gasteiger partial charge in [0.25, 0.3) is 20.2 Å². The molecule has 26 heavy (non-hydrogen) atoms. The number of rotatable bonds is 4. The number of fused-ring (bicyclic) bond motifs is 1. The standard InChI is InChI=1S/C16H14N2O6S2/c17-13-6-5-10(9-16(13)26(22,23)24)18-14-7-8-15(25(19,20)21)12-4-2-1-3-11(12)14/h1-9,18H,17H2,(H,19,20,21)(H,22,23,24). The molecule has 0 saturated heterocycles. The highest BCUT2D eigenvalue weighted by Gasteiger charge is 2.17. The third-order valence-corrected chi connectivity index (χ3v) is 5.55. The summed E-state index contributed by atoms with van der Waals surface area (Å²) in [6, 6.07) is 13.2. The summed E-state index contributed by atoms with van der Waals surface area (Å²) in [5.74, 6) is 0. The molecule has 3 aromatic rings. The van der Waals surface area contributed by atoms with Gasteiger partial charge in [0.1, 0.15) is 9.79 Å². The van der Waals surface area contributed by atoms with Crippen LogP contribution in [-0.2, 0) is 20.2 Å². The van der Waals surface area contributed by atoms with Crippen LogP contribution in [0, 0.1) is 0 Å². The topological polar surface area (TPSA) is 147 Å². The summed E-state index contributed by atoms with van der Waals surface area (Å²) in [5.41, 5.74) is 6.25. The molecule has 0 aromatic heterocycles. The van der Waals surface area contributed by atoms with Crippen molar-refractivity contribution in [2.75, 3.05) is 11.1 Å². The lowest BCUT2D eigenvalue weighted by Crippen LogP contribution is -2.04. The van der Waals surface area contributed by atoms with Crippen molar-refractivity contribution in [3.05, 3.63) is 54.6 Å². The molecule has 0 amide bonds. The summed E-state index contributed by atoms with van der Waals surface area (Å²) < 4.78 is 64.4. The van der Waals surface area contributed by atoms with Gasteiger partial charge in [0.15, 0.2) is 0 Å². The fourth-order valence-corrected chi connectivity index (χ4v) is 3.93. The van der Waals surface area contributed by atoms with Gasteiger partial charge in [-0.05, 0) is 30.3 Å². The van der Waals surface area contributed by atoms with Crippen LogP contribution in [0.25, 0.3) is 10.8 Å². The molecule has 0 heterocycles. The summed E-state index contributed by atoms with van der Waals surface area (Å²) in [7, 11) is -8.90. The molecule has 0 atom stereocenters. The van der Waals surface area contributed by atoms with Crippen LogP contribution >= 0.6 is 0 Å². The first-order valence-electron chi connectivity index (χ1n) is 7.20. The van der Waals surface area contributed by atoms with E-state index in [-0.39, 0.29) is 10.6 Å². The van der Waals surface area contributed by atoms with E-state index in [9.17, 15) is 25.9 Å². The Morgan fingerprint density at radius 2 is 1.38 bits per heavy atom. The molecular formula is C16H14N2O6S2. The van der Waals surface area contributed by atoms with Gasteiger partial charge in [-0.3, -0.25) is 9.11 Å². The zero-order valence-corrected chi connectivity index (χ0v) is 14.8. The Bertz CT molecular complexity index is 1220. The maximum atomic E-state index is 11.5. The van der Waals surface area contributed by atoms with E-state index in [0.29, 0.717) is 22.1 Å². The second-order valence-electron chi connectivity index (χ2n) is 5.48. The summed E-state index contributed by atoms with van der Waals surface area (Å²) in [6.07, 6.45) is 0. The number of nitrogens with one attached hydrogen (secondary N) is 1. The van der Waals surface area contributed by atoms with Gasteiger partial charge in [-0.2, -0.15) is 16.8 Å². The fraction of sp³-hybridized carbons (Fsp3) is 0. The highest BCUT2D eigenvalue weighted by Crippen LogP contribution is 2.32. The minimum Gasteiger partial charge on any atom is -0.398 e. The van der Waals surface area contributed by atoms with E-state index in [1.807, 2.05) is 0 Å². The van der Waals surface area contributed by atoms with Crippen LogP contribution in [0.15, 0.2) is 64.4 Å². The molecule has 0 aliphatic rings. The van der Waals surface area contributed by atoms with Gasteiger partial charge < -0.3 is 11.1 Å². The Balaban J connectivity index is 2.14. The SMILES string of the molecule is Nc1ccc(Nc2ccc(S(=O)(=O)O)c3ccccc23)cc1S(=O)(=O)O. The van der Waals surface area contributed by atoms with Gasteiger partial charge >= 0.3 is 0 Å². The molecule has 0 aliphatic heterocycles. The van der Waals surface area contributed by atoms with E-state index in [1.54, 1.807) is 18.2 Å². The van der Waals surface area contributed by atoms with Crippen molar-refractivity contribution < 1.29 is 25.9 Å². The smallest absolute Gasteiger partial charge is 0.296 e. The monoisotopic (exact) mass is 394 g/mol. The first kappa shape index (κ1) is 18.1. The van der Waals surface area contributed by atoms with E-state index >= 15 is 0 Å². The third-order valence-electron chi connectivity index (χ3n) is 3.73. The molecule has 0 spiro atoms. The van der Waals surface area contributed by atoms with E-state index in [0.717, 1.165) is 6.07 Å². The highest BCUT2D eigenvalue weighted by molar-refractivity contribution is 7.86. The predicted octanol–water partition coefficient (Wildman–Crippen LogP) is 2.66. The van der Waals surface area contributed by atoms with Gasteiger partial charge in [-0.25, -0.2) is 0 Å². The van der Waals surface area contributed by atoms with Crippen molar-refractivity contribution in [2.45, 2.75) is 9.79 Å². The average molecular weight is 394 g/mol. The minimum atomic E-state index is -4.49. The van der Waals surface area contributed by atoms with Gasteiger partial charge in [-0.15, -0.1) is 0 Å². The number of nitrogen functional groups attached to an aromatic ring is 1. The zero-order valence-electron chi connectivity index (χ0n) is 13.1. The molecule has 5 N–H and O–H groups in total. The lowest BCUT2D eigenvalue weighted by Gasteiger charge is -2.13. The van der Waals surface area contributed by atoms with Gasteiger partial charge in [0.2, 0.25) is 0 Å². The van der Waals surface area contributed by atoms with E-state index in [1.165, 1.54) is 30.3 Å². The predicted molar refractivity (Wildman–Crippen MR) is 97.7 cm³/mol. The Morgan fingerprint density at radius 1 is 0.769 bits per heavy atom. The van der Waals surface area contributed by atoms with Crippen molar-refractivity contribution in [1.29, 1.82) is 0 Å². The molecule has 0 fully saturated rings. The van der Waals surface area contributed by atoms with Crippen molar-refractivity contribution in [1.82, 2.24) is 0 Å². The van der Waals surface area contributed by atoms with Crippen LogP contribution < -0.4 is 11.1 Å². The molecule has 0 aliphatic carbocycles.